The van der Waals surface area contributed by atoms with Crippen LogP contribution in [0.15, 0.2) is 66.7 Å². The second-order valence-electron chi connectivity index (χ2n) is 6.46. The molecule has 0 atom stereocenters. The molecule has 0 heterocycles. The number of nitrogens with one attached hydrogen (secondary N) is 2. The Kier molecular flexibility index (Phi) is 6.30. The van der Waals surface area contributed by atoms with Gasteiger partial charge in [0, 0.05) is 37.3 Å². The first-order chi connectivity index (χ1) is 13.1. The molecular weight excluding hydrogens is 340 g/mol. The molecule has 3 aromatic rings. The minimum absolute atomic E-state index is 0.254. The van der Waals surface area contributed by atoms with Gasteiger partial charge in [0.2, 0.25) is 0 Å². The third-order valence-electron chi connectivity index (χ3n) is 4.36. The summed E-state index contributed by atoms with van der Waals surface area (Å²) in [5.74, 6) is 0.807. The molecule has 5 nitrogen and oxygen atoms in total. The molecule has 0 bridgehead atoms. The molecule has 140 valence electrons. The zero-order valence-electron chi connectivity index (χ0n) is 15.0. The van der Waals surface area contributed by atoms with Crippen molar-refractivity contribution < 1.29 is 15.3 Å². The van der Waals surface area contributed by atoms with Gasteiger partial charge in [0.25, 0.3) is 0 Å². The Bertz CT molecular complexity index is 792. The highest BCUT2D eigenvalue weighted by Crippen LogP contribution is 2.22. The van der Waals surface area contributed by atoms with E-state index in [1.54, 1.807) is 24.3 Å². The summed E-state index contributed by atoms with van der Waals surface area (Å²) in [5.41, 5.74) is 3.83. The van der Waals surface area contributed by atoms with Crippen LogP contribution < -0.4 is 10.6 Å². The molecule has 5 N–H and O–H groups in total. The third kappa shape index (κ3) is 5.48. The molecule has 0 spiro atoms. The average molecular weight is 364 g/mol. The van der Waals surface area contributed by atoms with Gasteiger partial charge in [-0.25, -0.2) is 0 Å². The van der Waals surface area contributed by atoms with Crippen LogP contribution >= 0.6 is 0 Å². The van der Waals surface area contributed by atoms with Crippen LogP contribution in [0.5, 0.6) is 17.2 Å². The Morgan fingerprint density at radius 1 is 0.519 bits per heavy atom. The maximum Gasteiger partial charge on any atom is 0.124 e. The summed E-state index contributed by atoms with van der Waals surface area (Å²) >= 11 is 0. The lowest BCUT2D eigenvalue weighted by atomic mass is 10.1. The standard InChI is InChI=1S/C22H24N2O3/c25-20-8-4-16(5-9-20)12-23-14-18-2-1-3-19(22(18)27)15-24-13-17-6-10-21(26)11-7-17/h1-11,23-27H,12-15H2. The third-order valence-corrected chi connectivity index (χ3v) is 4.36. The Hall–Kier alpha value is -3.02. The van der Waals surface area contributed by atoms with Crippen molar-refractivity contribution in [3.63, 3.8) is 0 Å². The number of aromatic hydroxyl groups is 3. The molecule has 0 radical (unpaired) electrons. The zero-order valence-corrected chi connectivity index (χ0v) is 15.0. The Morgan fingerprint density at radius 3 is 1.33 bits per heavy atom. The van der Waals surface area contributed by atoms with Crippen LogP contribution in [0, 0.1) is 0 Å². The van der Waals surface area contributed by atoms with Crippen molar-refractivity contribution in [2.24, 2.45) is 0 Å². The van der Waals surface area contributed by atoms with Gasteiger partial charge < -0.3 is 26.0 Å². The van der Waals surface area contributed by atoms with Crippen molar-refractivity contribution in [2.45, 2.75) is 26.2 Å². The Morgan fingerprint density at radius 2 is 0.926 bits per heavy atom. The van der Waals surface area contributed by atoms with E-state index in [0.717, 1.165) is 22.3 Å². The van der Waals surface area contributed by atoms with Crippen molar-refractivity contribution in [1.82, 2.24) is 10.6 Å². The number of rotatable bonds is 8. The summed E-state index contributed by atoms with van der Waals surface area (Å²) in [5, 5.41) is 35.7. The van der Waals surface area contributed by atoms with Crippen LogP contribution in [-0.2, 0) is 26.2 Å². The van der Waals surface area contributed by atoms with Crippen LogP contribution in [0.25, 0.3) is 0 Å². The van der Waals surface area contributed by atoms with Gasteiger partial charge in [0.1, 0.15) is 17.2 Å². The molecule has 3 rings (SSSR count). The summed E-state index contributed by atoms with van der Waals surface area (Å²) in [7, 11) is 0. The van der Waals surface area contributed by atoms with Crippen molar-refractivity contribution in [3.8, 4) is 17.2 Å². The molecule has 0 saturated carbocycles. The monoisotopic (exact) mass is 364 g/mol. The molecule has 0 saturated heterocycles. The number of benzene rings is 3. The molecule has 27 heavy (non-hydrogen) atoms. The van der Waals surface area contributed by atoms with E-state index in [4.69, 9.17) is 0 Å². The summed E-state index contributed by atoms with van der Waals surface area (Å²) in [4.78, 5) is 0. The molecule has 0 unspecified atom stereocenters. The van der Waals surface area contributed by atoms with Crippen LogP contribution in [0.2, 0.25) is 0 Å². The van der Waals surface area contributed by atoms with E-state index < -0.39 is 0 Å². The van der Waals surface area contributed by atoms with E-state index in [-0.39, 0.29) is 11.5 Å². The summed E-state index contributed by atoms with van der Waals surface area (Å²) in [6, 6.07) is 19.9. The number of hydrogen-bond donors (Lipinski definition) is 5. The van der Waals surface area contributed by atoms with E-state index in [9.17, 15) is 15.3 Å². The van der Waals surface area contributed by atoms with Gasteiger partial charge in [-0.15, -0.1) is 0 Å². The predicted octanol–water partition coefficient (Wildman–Crippen LogP) is 3.38. The summed E-state index contributed by atoms with van der Waals surface area (Å²) in [6.45, 7) is 2.42. The Labute approximate surface area is 158 Å². The molecule has 0 aliphatic rings. The number of phenols is 3. The van der Waals surface area contributed by atoms with Crippen LogP contribution in [-0.4, -0.2) is 15.3 Å². The van der Waals surface area contributed by atoms with Gasteiger partial charge in [-0.1, -0.05) is 42.5 Å². The van der Waals surface area contributed by atoms with Gasteiger partial charge in [-0.3, -0.25) is 0 Å². The molecule has 0 aromatic heterocycles. The van der Waals surface area contributed by atoms with Crippen LogP contribution in [0.4, 0.5) is 0 Å². The van der Waals surface area contributed by atoms with E-state index in [2.05, 4.69) is 10.6 Å². The minimum Gasteiger partial charge on any atom is -0.508 e. The topological polar surface area (TPSA) is 84.8 Å². The summed E-state index contributed by atoms with van der Waals surface area (Å²) in [6.07, 6.45) is 0. The average Bonchev–Trinajstić information content (AvgIpc) is 2.67. The van der Waals surface area contributed by atoms with E-state index in [1.807, 2.05) is 42.5 Å². The van der Waals surface area contributed by atoms with Crippen molar-refractivity contribution in [3.05, 3.63) is 89.0 Å². The van der Waals surface area contributed by atoms with E-state index >= 15 is 0 Å². The lowest BCUT2D eigenvalue weighted by Gasteiger charge is -2.12. The molecule has 5 heteroatoms. The van der Waals surface area contributed by atoms with Gasteiger partial charge in [0.15, 0.2) is 0 Å². The zero-order chi connectivity index (χ0) is 19.1. The molecule has 3 aromatic carbocycles. The van der Waals surface area contributed by atoms with E-state index in [1.165, 1.54) is 0 Å². The minimum atomic E-state index is 0.254. The van der Waals surface area contributed by atoms with Crippen molar-refractivity contribution in [1.29, 1.82) is 0 Å². The van der Waals surface area contributed by atoms with E-state index in [0.29, 0.717) is 31.9 Å². The summed E-state index contributed by atoms with van der Waals surface area (Å²) < 4.78 is 0. The first-order valence-corrected chi connectivity index (χ1v) is 8.89. The van der Waals surface area contributed by atoms with Crippen molar-refractivity contribution >= 4 is 0 Å². The van der Waals surface area contributed by atoms with Gasteiger partial charge in [-0.2, -0.15) is 0 Å². The fraction of sp³-hybridized carbons (Fsp3) is 0.182. The molecule has 0 fully saturated rings. The highest BCUT2D eigenvalue weighted by Gasteiger charge is 2.07. The predicted molar refractivity (Wildman–Crippen MR) is 105 cm³/mol. The van der Waals surface area contributed by atoms with Gasteiger partial charge in [-0.05, 0) is 35.4 Å². The molecule has 0 amide bonds. The fourth-order valence-corrected chi connectivity index (χ4v) is 2.84. The van der Waals surface area contributed by atoms with Crippen LogP contribution in [0.3, 0.4) is 0 Å². The largest absolute Gasteiger partial charge is 0.508 e. The normalized spacial score (nSPS) is 10.8. The molecule has 0 aliphatic heterocycles. The Balaban J connectivity index is 1.51. The lowest BCUT2D eigenvalue weighted by molar-refractivity contribution is 0.454. The first-order valence-electron chi connectivity index (χ1n) is 8.89. The smallest absolute Gasteiger partial charge is 0.124 e. The SMILES string of the molecule is Oc1ccc(CNCc2cccc(CNCc3ccc(O)cc3)c2O)cc1. The van der Waals surface area contributed by atoms with Crippen LogP contribution in [0.1, 0.15) is 22.3 Å². The lowest BCUT2D eigenvalue weighted by Crippen LogP contribution is -2.15. The van der Waals surface area contributed by atoms with Gasteiger partial charge >= 0.3 is 0 Å². The van der Waals surface area contributed by atoms with Crippen molar-refractivity contribution in [2.75, 3.05) is 0 Å². The second-order valence-corrected chi connectivity index (χ2v) is 6.46. The first kappa shape index (κ1) is 18.8. The molecule has 0 aliphatic carbocycles. The second kappa shape index (κ2) is 9.07. The maximum atomic E-state index is 10.5. The van der Waals surface area contributed by atoms with Gasteiger partial charge in [0.05, 0.1) is 0 Å². The number of hydrogen-bond acceptors (Lipinski definition) is 5. The quantitative estimate of drug-likeness (QED) is 0.423. The highest BCUT2D eigenvalue weighted by atomic mass is 16.3. The number of phenolic OH excluding ortho intramolecular Hbond substituents is 3. The fourth-order valence-electron chi connectivity index (χ4n) is 2.84. The highest BCUT2D eigenvalue weighted by molar-refractivity contribution is 5.40. The number of para-hydroxylation sites is 1. The maximum absolute atomic E-state index is 10.5. The molecular formula is C22H24N2O3.